The number of aryl methyl sites for hydroxylation is 1. The molecule has 4 heteroatoms. The lowest BCUT2D eigenvalue weighted by Gasteiger charge is -1.92. The van der Waals surface area contributed by atoms with Crippen molar-refractivity contribution < 1.29 is 4.39 Å². The minimum absolute atomic E-state index is 0.324. The van der Waals surface area contributed by atoms with Gasteiger partial charge in [-0.3, -0.25) is 5.10 Å². The summed E-state index contributed by atoms with van der Waals surface area (Å²) in [5.74, 6) is -0.324. The first-order valence-electron chi connectivity index (χ1n) is 3.16. The van der Waals surface area contributed by atoms with E-state index in [2.05, 4.69) is 21.4 Å². The standard InChI is InChI=1S/C7H5FN3/c1-4-6(8)2-5-3-9-11-7(5)10-4/h2H,1H3,(H,9,10,11). The smallest absolute Gasteiger partial charge is 0.156 e. The van der Waals surface area contributed by atoms with Gasteiger partial charge in [0.1, 0.15) is 12.0 Å². The van der Waals surface area contributed by atoms with Crippen molar-refractivity contribution in [2.45, 2.75) is 6.92 Å². The molecule has 2 rings (SSSR count). The normalized spacial score (nSPS) is 10.7. The van der Waals surface area contributed by atoms with Crippen molar-refractivity contribution in [2.24, 2.45) is 0 Å². The highest BCUT2D eigenvalue weighted by Gasteiger charge is 2.02. The molecular formula is C7H5FN3. The Bertz CT molecular complexity index is 357. The third kappa shape index (κ3) is 0.869. The molecule has 55 valence electrons. The lowest BCUT2D eigenvalue weighted by Crippen LogP contribution is -1.87. The highest BCUT2D eigenvalue weighted by atomic mass is 19.1. The van der Waals surface area contributed by atoms with Gasteiger partial charge in [-0.1, -0.05) is 0 Å². The van der Waals surface area contributed by atoms with E-state index < -0.39 is 0 Å². The summed E-state index contributed by atoms with van der Waals surface area (Å²) in [6.07, 6.45) is 2.58. The van der Waals surface area contributed by atoms with Crippen molar-refractivity contribution in [3.63, 3.8) is 0 Å². The van der Waals surface area contributed by atoms with Gasteiger partial charge in [-0.05, 0) is 13.0 Å². The minimum atomic E-state index is -0.324. The molecule has 0 fully saturated rings. The number of aromatic nitrogens is 3. The molecule has 0 aliphatic heterocycles. The van der Waals surface area contributed by atoms with Crippen molar-refractivity contribution in [1.82, 2.24) is 15.2 Å². The lowest BCUT2D eigenvalue weighted by molar-refractivity contribution is 0.613. The quantitative estimate of drug-likeness (QED) is 0.613. The molecule has 0 atom stereocenters. The van der Waals surface area contributed by atoms with Crippen LogP contribution < -0.4 is 0 Å². The van der Waals surface area contributed by atoms with Gasteiger partial charge in [0.25, 0.3) is 0 Å². The molecule has 0 aliphatic rings. The number of nitrogens with one attached hydrogen (secondary N) is 1. The third-order valence-electron chi connectivity index (χ3n) is 1.49. The Hall–Kier alpha value is -1.45. The molecule has 1 N–H and O–H groups in total. The van der Waals surface area contributed by atoms with Gasteiger partial charge in [0.15, 0.2) is 5.65 Å². The van der Waals surface area contributed by atoms with Crippen LogP contribution in [0.5, 0.6) is 0 Å². The average molecular weight is 150 g/mol. The van der Waals surface area contributed by atoms with Crippen molar-refractivity contribution in [2.75, 3.05) is 0 Å². The summed E-state index contributed by atoms with van der Waals surface area (Å²) >= 11 is 0. The Kier molecular flexibility index (Phi) is 1.15. The topological polar surface area (TPSA) is 41.6 Å². The molecule has 11 heavy (non-hydrogen) atoms. The molecule has 0 amide bonds. The number of H-pyrrole nitrogens is 1. The van der Waals surface area contributed by atoms with Crippen LogP contribution >= 0.6 is 0 Å². The van der Waals surface area contributed by atoms with Crippen LogP contribution in [-0.2, 0) is 0 Å². The molecule has 0 saturated carbocycles. The van der Waals surface area contributed by atoms with Gasteiger partial charge in [-0.25, -0.2) is 9.37 Å². The van der Waals surface area contributed by atoms with E-state index in [0.717, 1.165) is 0 Å². The van der Waals surface area contributed by atoms with E-state index >= 15 is 0 Å². The molecule has 2 heterocycles. The van der Waals surface area contributed by atoms with Crippen molar-refractivity contribution >= 4 is 11.0 Å². The molecule has 0 unspecified atom stereocenters. The Morgan fingerprint density at radius 2 is 2.45 bits per heavy atom. The largest absolute Gasteiger partial charge is 0.260 e. The van der Waals surface area contributed by atoms with Gasteiger partial charge in [0, 0.05) is 0 Å². The van der Waals surface area contributed by atoms with Crippen LogP contribution in [0.1, 0.15) is 5.69 Å². The van der Waals surface area contributed by atoms with E-state index in [-0.39, 0.29) is 5.82 Å². The van der Waals surface area contributed by atoms with Gasteiger partial charge in [-0.2, -0.15) is 5.10 Å². The van der Waals surface area contributed by atoms with Gasteiger partial charge in [0.05, 0.1) is 11.1 Å². The molecule has 0 bridgehead atoms. The zero-order chi connectivity index (χ0) is 7.84. The van der Waals surface area contributed by atoms with Crippen LogP contribution in [0.3, 0.4) is 0 Å². The Balaban J connectivity index is 2.86. The summed E-state index contributed by atoms with van der Waals surface area (Å²) in [4.78, 5) is 3.91. The monoisotopic (exact) mass is 150 g/mol. The fraction of sp³-hybridized carbons (Fsp3) is 0.143. The Morgan fingerprint density at radius 3 is 3.27 bits per heavy atom. The third-order valence-corrected chi connectivity index (χ3v) is 1.49. The molecule has 0 aliphatic carbocycles. The fourth-order valence-electron chi connectivity index (χ4n) is 0.892. The summed E-state index contributed by atoms with van der Waals surface area (Å²) in [5, 5.41) is 6.79. The van der Waals surface area contributed by atoms with Crippen molar-refractivity contribution in [1.29, 1.82) is 0 Å². The van der Waals surface area contributed by atoms with Gasteiger partial charge < -0.3 is 0 Å². The summed E-state index contributed by atoms with van der Waals surface area (Å²) in [7, 11) is 0. The Labute approximate surface area is 62.3 Å². The first kappa shape index (κ1) is 6.27. The second-order valence-electron chi connectivity index (χ2n) is 2.29. The lowest BCUT2D eigenvalue weighted by atomic mass is 10.3. The fourth-order valence-corrected chi connectivity index (χ4v) is 0.892. The van der Waals surface area contributed by atoms with E-state index in [0.29, 0.717) is 16.7 Å². The number of hydrogen-bond acceptors (Lipinski definition) is 2. The van der Waals surface area contributed by atoms with Crippen LogP contribution in [0.4, 0.5) is 4.39 Å². The number of nitrogens with zero attached hydrogens (tertiary/aromatic N) is 2. The molecule has 0 spiro atoms. The van der Waals surface area contributed by atoms with Crippen LogP contribution in [-0.4, -0.2) is 15.2 Å². The van der Waals surface area contributed by atoms with Crippen LogP contribution in [0.15, 0.2) is 6.07 Å². The summed E-state index contributed by atoms with van der Waals surface area (Å²) < 4.78 is 12.8. The molecular weight excluding hydrogens is 145 g/mol. The predicted molar refractivity (Wildman–Crippen MR) is 37.4 cm³/mol. The van der Waals surface area contributed by atoms with Crippen LogP contribution in [0.25, 0.3) is 11.0 Å². The zero-order valence-corrected chi connectivity index (χ0v) is 5.85. The molecule has 3 nitrogen and oxygen atoms in total. The van der Waals surface area contributed by atoms with Gasteiger partial charge >= 0.3 is 0 Å². The second-order valence-corrected chi connectivity index (χ2v) is 2.29. The first-order chi connectivity index (χ1) is 5.27. The SMILES string of the molecule is Cc1nc2[nH]n[c]c2cc1F. The van der Waals surface area contributed by atoms with Crippen LogP contribution in [0, 0.1) is 18.9 Å². The number of halogens is 1. The van der Waals surface area contributed by atoms with E-state index in [1.54, 1.807) is 6.92 Å². The summed E-state index contributed by atoms with van der Waals surface area (Å²) in [6, 6.07) is 1.36. The number of fused-ring (bicyclic) bond motifs is 1. The average Bonchev–Trinajstić information content (AvgIpc) is 2.36. The highest BCUT2D eigenvalue weighted by molar-refractivity contribution is 5.72. The highest BCUT2D eigenvalue weighted by Crippen LogP contribution is 2.11. The maximum Gasteiger partial charge on any atom is 0.156 e. The molecule has 1 radical (unpaired) electrons. The first-order valence-corrected chi connectivity index (χ1v) is 3.16. The van der Waals surface area contributed by atoms with E-state index in [4.69, 9.17) is 0 Å². The molecule has 2 aromatic heterocycles. The van der Waals surface area contributed by atoms with Gasteiger partial charge in [-0.15, -0.1) is 0 Å². The maximum atomic E-state index is 12.8. The number of pyridine rings is 1. The van der Waals surface area contributed by atoms with E-state index in [1.807, 2.05) is 0 Å². The van der Waals surface area contributed by atoms with E-state index in [9.17, 15) is 4.39 Å². The predicted octanol–water partition coefficient (Wildman–Crippen LogP) is 1.21. The molecule has 2 aromatic rings. The molecule has 0 aromatic carbocycles. The number of aromatic amines is 1. The minimum Gasteiger partial charge on any atom is -0.260 e. The summed E-state index contributed by atoms with van der Waals surface area (Å²) in [5.41, 5.74) is 0.944. The Morgan fingerprint density at radius 1 is 1.64 bits per heavy atom. The number of rotatable bonds is 0. The van der Waals surface area contributed by atoms with Crippen molar-refractivity contribution in [3.8, 4) is 0 Å². The van der Waals surface area contributed by atoms with Crippen molar-refractivity contribution in [3.05, 3.63) is 23.8 Å². The van der Waals surface area contributed by atoms with E-state index in [1.165, 1.54) is 6.07 Å². The van der Waals surface area contributed by atoms with Crippen LogP contribution in [0.2, 0.25) is 0 Å². The molecule has 0 saturated heterocycles. The number of hydrogen-bond donors (Lipinski definition) is 1. The maximum absolute atomic E-state index is 12.8. The summed E-state index contributed by atoms with van der Waals surface area (Å²) in [6.45, 7) is 1.61. The second kappa shape index (κ2) is 2.02. The zero-order valence-electron chi connectivity index (χ0n) is 5.85. The van der Waals surface area contributed by atoms with Gasteiger partial charge in [0.2, 0.25) is 0 Å².